The van der Waals surface area contributed by atoms with Gasteiger partial charge < -0.3 is 27.9 Å². The van der Waals surface area contributed by atoms with E-state index in [1.54, 1.807) is 27.7 Å². The number of fused-ring (bicyclic) bond motifs is 12. The lowest BCUT2D eigenvalue weighted by atomic mass is 9.90. The number of hydrogen-bond acceptors (Lipinski definition) is 12. The van der Waals surface area contributed by atoms with Crippen molar-refractivity contribution in [3.05, 3.63) is 333 Å². The van der Waals surface area contributed by atoms with Crippen molar-refractivity contribution in [2.24, 2.45) is 0 Å². The van der Waals surface area contributed by atoms with Crippen molar-refractivity contribution < 1.29 is 27.9 Å². The molecule has 110 heavy (non-hydrogen) atoms. The summed E-state index contributed by atoms with van der Waals surface area (Å²) in [5.41, 5.74) is 18.5. The topological polar surface area (TPSA) is 170 Å². The minimum atomic E-state index is -1.01. The molecular formula is C96H68BClN6O6. The molecule has 0 spiro atoms. The van der Waals surface area contributed by atoms with Crippen LogP contribution in [0.5, 0.6) is 0 Å². The molecule has 0 aliphatic carbocycles. The summed E-state index contributed by atoms with van der Waals surface area (Å²) in [6.45, 7) is 6.31. The zero-order valence-corrected chi connectivity index (χ0v) is 61.1. The van der Waals surface area contributed by atoms with E-state index in [4.69, 9.17) is 62.3 Å². The molecule has 6 heterocycles. The van der Waals surface area contributed by atoms with Crippen LogP contribution in [0.15, 0.2) is 345 Å². The summed E-state index contributed by atoms with van der Waals surface area (Å²) < 4.78 is 24.8. The molecule has 0 saturated carbocycles. The molecule has 0 aliphatic rings. The molecule has 2 radical (unpaired) electrons. The van der Waals surface area contributed by atoms with Crippen LogP contribution in [0.1, 0.15) is 27.7 Å². The Morgan fingerprint density at radius 1 is 0.255 bits per heavy atom. The number of rotatable bonds is 10. The van der Waals surface area contributed by atoms with Gasteiger partial charge in [0.25, 0.3) is 0 Å². The van der Waals surface area contributed by atoms with Crippen molar-refractivity contribution in [2.75, 3.05) is 0 Å². The summed E-state index contributed by atoms with van der Waals surface area (Å²) >= 11 is 6.27. The van der Waals surface area contributed by atoms with Crippen LogP contribution < -0.4 is 5.46 Å². The SMILES string of the molecule is CC(C)(O)C(C)(C)O.Clc1nc(-c2ccc(-c3ccccc3)cc2)nc(-c2ccc3c(c2)oc2ccccc23)n1.[B]c1cccc2c1oc1cccc(-c3ccccc3)c12.c1ccc(-c2ccc(-c3nc(-c4ccc5c(c4)oc4ccccc45)nc(-c4cccc5c4oc4cccc(-c6ccccc6)c45)n3)cc2)cc1. The van der Waals surface area contributed by atoms with E-state index in [0.717, 1.165) is 149 Å². The van der Waals surface area contributed by atoms with Gasteiger partial charge in [-0.3, -0.25) is 0 Å². The predicted molar refractivity (Wildman–Crippen MR) is 447 cm³/mol. The first kappa shape index (κ1) is 69.6. The van der Waals surface area contributed by atoms with Gasteiger partial charge >= 0.3 is 0 Å². The summed E-state index contributed by atoms with van der Waals surface area (Å²) in [5, 5.41) is 26.9. The second-order valence-corrected chi connectivity index (χ2v) is 28.2. The van der Waals surface area contributed by atoms with Crippen LogP contribution in [0, 0.1) is 0 Å². The molecule has 12 nitrogen and oxygen atoms in total. The van der Waals surface area contributed by atoms with Crippen LogP contribution in [0.3, 0.4) is 0 Å². The molecule has 14 heteroatoms. The second-order valence-electron chi connectivity index (χ2n) is 27.9. The first-order valence-corrected chi connectivity index (χ1v) is 36.5. The quantitative estimate of drug-likeness (QED) is 0.124. The molecule has 0 fully saturated rings. The van der Waals surface area contributed by atoms with Gasteiger partial charge in [0.05, 0.1) is 16.8 Å². The highest BCUT2D eigenvalue weighted by Gasteiger charge is 2.32. The number of furan rings is 4. The minimum Gasteiger partial charge on any atom is -0.457 e. The normalized spacial score (nSPS) is 11.6. The average molecular weight is 1450 g/mol. The van der Waals surface area contributed by atoms with Crippen LogP contribution in [-0.4, -0.2) is 59.2 Å². The highest BCUT2D eigenvalue weighted by atomic mass is 35.5. The van der Waals surface area contributed by atoms with Crippen molar-refractivity contribution >= 4 is 113 Å². The highest BCUT2D eigenvalue weighted by Crippen LogP contribution is 2.43. The van der Waals surface area contributed by atoms with Crippen molar-refractivity contribution in [1.29, 1.82) is 0 Å². The second kappa shape index (κ2) is 29.4. The Morgan fingerprint density at radius 3 is 1.03 bits per heavy atom. The number of hydrogen-bond donors (Lipinski definition) is 2. The minimum absolute atomic E-state index is 0.154. The van der Waals surface area contributed by atoms with Crippen molar-refractivity contribution in [3.63, 3.8) is 0 Å². The molecule has 2 N–H and O–H groups in total. The number of para-hydroxylation sites is 4. The summed E-state index contributed by atoms with van der Waals surface area (Å²) in [6, 6.07) is 110. The van der Waals surface area contributed by atoms with Crippen molar-refractivity contribution in [3.8, 4) is 101 Å². The van der Waals surface area contributed by atoms with E-state index < -0.39 is 11.2 Å². The smallest absolute Gasteiger partial charge is 0.226 e. The summed E-state index contributed by atoms with van der Waals surface area (Å²) in [4.78, 5) is 28.6. The van der Waals surface area contributed by atoms with E-state index in [2.05, 4.69) is 161 Å². The van der Waals surface area contributed by atoms with E-state index in [9.17, 15) is 0 Å². The lowest BCUT2D eigenvalue weighted by Gasteiger charge is -2.31. The Bertz CT molecular complexity index is 6740. The van der Waals surface area contributed by atoms with Gasteiger partial charge in [0.2, 0.25) is 5.28 Å². The third-order valence-corrected chi connectivity index (χ3v) is 20.2. The van der Waals surface area contributed by atoms with Crippen LogP contribution in [0.2, 0.25) is 5.28 Å². The molecule has 14 aromatic carbocycles. The highest BCUT2D eigenvalue weighted by molar-refractivity contribution is 6.39. The van der Waals surface area contributed by atoms with Crippen LogP contribution >= 0.6 is 11.6 Å². The Labute approximate surface area is 639 Å². The molecule has 0 atom stereocenters. The van der Waals surface area contributed by atoms with E-state index in [1.807, 2.05) is 182 Å². The Kier molecular flexibility index (Phi) is 18.6. The fraction of sp³-hybridized carbons (Fsp3) is 0.0625. The molecule has 20 rings (SSSR count). The lowest BCUT2D eigenvalue weighted by molar-refractivity contribution is -0.107. The van der Waals surface area contributed by atoms with Crippen LogP contribution in [0.4, 0.5) is 0 Å². The van der Waals surface area contributed by atoms with Crippen LogP contribution in [0.25, 0.3) is 189 Å². The fourth-order valence-electron chi connectivity index (χ4n) is 13.6. The van der Waals surface area contributed by atoms with Crippen molar-refractivity contribution in [1.82, 2.24) is 29.9 Å². The number of halogens is 1. The number of nitrogens with zero attached hydrogens (tertiary/aromatic N) is 6. The molecule has 6 aromatic heterocycles. The lowest BCUT2D eigenvalue weighted by Crippen LogP contribution is -2.44. The van der Waals surface area contributed by atoms with Gasteiger partial charge in [-0.15, -0.1) is 0 Å². The third-order valence-electron chi connectivity index (χ3n) is 20.0. The van der Waals surface area contributed by atoms with Gasteiger partial charge in [-0.2, -0.15) is 9.97 Å². The number of aromatic nitrogens is 6. The maximum atomic E-state index is 9.10. The summed E-state index contributed by atoms with van der Waals surface area (Å²) in [7, 11) is 6.02. The molecule has 0 amide bonds. The number of benzene rings is 14. The average Bonchev–Trinajstić information content (AvgIpc) is 1.61. The van der Waals surface area contributed by atoms with Gasteiger partial charge in [-0.1, -0.05) is 278 Å². The van der Waals surface area contributed by atoms with Crippen molar-refractivity contribution in [2.45, 2.75) is 38.9 Å². The number of aliphatic hydroxyl groups is 2. The Balaban J connectivity index is 0.000000125. The zero-order chi connectivity index (χ0) is 75.0. The molecule has 20 aromatic rings. The van der Waals surface area contributed by atoms with Gasteiger partial charge in [-0.05, 0) is 138 Å². The molecule has 0 saturated heterocycles. The molecule has 0 unspecified atom stereocenters. The van der Waals surface area contributed by atoms with E-state index in [0.29, 0.717) is 34.6 Å². The predicted octanol–water partition coefficient (Wildman–Crippen LogP) is 24.0. The Morgan fingerprint density at radius 2 is 0.564 bits per heavy atom. The monoisotopic (exact) mass is 1450 g/mol. The first-order chi connectivity index (χ1) is 53.6. The molecule has 0 bridgehead atoms. The largest absolute Gasteiger partial charge is 0.457 e. The summed E-state index contributed by atoms with van der Waals surface area (Å²) in [6.07, 6.45) is 0. The fourth-order valence-corrected chi connectivity index (χ4v) is 13.7. The molecule has 0 aliphatic heterocycles. The standard InChI is InChI=1S/C45H27N3O2.C27H16ClN3O.C18H11BO.C6H14O2/c1-3-11-28(12-4-1)29-21-23-31(24-22-29)43-46-44(32-25-26-35-34-15-7-8-19-38(34)49-40(35)27-32)48-45(47-43)37-18-9-17-36-41-33(30-13-5-2-6-14-30)16-10-20-39(41)50-42(36)37;28-27-30-25(19-12-10-18(11-13-19)17-6-2-1-3-7-17)29-26(31-27)20-14-15-22-21-8-4-5-9-23(21)32-24(22)16-20;19-15-10-4-9-14-17-13(12-6-2-1-3-7-12)8-5-11-16(17)20-18(14)15;1-5(2,7)6(3,4)8/h1-27H;1-16H;1-11H;7-8H,1-4H3. The van der Waals surface area contributed by atoms with Crippen LogP contribution in [-0.2, 0) is 0 Å². The zero-order valence-electron chi connectivity index (χ0n) is 60.3. The first-order valence-electron chi connectivity index (χ1n) is 36.1. The van der Waals surface area contributed by atoms with E-state index in [1.165, 1.54) is 11.1 Å². The maximum Gasteiger partial charge on any atom is 0.226 e. The molecular weight excluding hydrogens is 1380 g/mol. The van der Waals surface area contributed by atoms with Gasteiger partial charge in [0, 0.05) is 65.3 Å². The van der Waals surface area contributed by atoms with E-state index in [-0.39, 0.29) is 5.28 Å². The Hall–Kier alpha value is -13.4. The van der Waals surface area contributed by atoms with Gasteiger partial charge in [-0.25, -0.2) is 19.9 Å². The molecule has 528 valence electrons. The third kappa shape index (κ3) is 14.0. The van der Waals surface area contributed by atoms with Gasteiger partial charge in [0.15, 0.2) is 29.1 Å². The maximum absolute atomic E-state index is 9.10. The van der Waals surface area contributed by atoms with Gasteiger partial charge in [0.1, 0.15) is 52.5 Å². The van der Waals surface area contributed by atoms with E-state index >= 15 is 0 Å². The summed E-state index contributed by atoms with van der Waals surface area (Å²) in [5.74, 6) is 2.71.